The Kier molecular flexibility index (Phi) is 51.9. The van der Waals surface area contributed by atoms with E-state index in [0.29, 0.717) is 19.3 Å². The minimum Gasteiger partial charge on any atom is -0.394 e. The maximum absolute atomic E-state index is 13.2. The molecule has 77 heavy (non-hydrogen) atoms. The molecule has 9 atom stereocenters. The molecular formula is C66H123NO10. The smallest absolute Gasteiger partial charge is 0.249 e. The Hall–Kier alpha value is -1.93. The monoisotopic (exact) mass is 1090 g/mol. The molecule has 1 aliphatic heterocycles. The average molecular weight is 1090 g/mol. The summed E-state index contributed by atoms with van der Waals surface area (Å²) in [6.45, 7) is 3.47. The van der Waals surface area contributed by atoms with Gasteiger partial charge in [0.05, 0.1) is 25.4 Å². The fraction of sp³-hybridized carbons (Fsp3) is 0.864. The van der Waals surface area contributed by atoms with Gasteiger partial charge in [0.2, 0.25) is 5.91 Å². The van der Waals surface area contributed by atoms with Crippen molar-refractivity contribution >= 4 is 5.91 Å². The molecule has 0 saturated carbocycles. The number of aliphatic hydroxyl groups is 7. The molecule has 1 fully saturated rings. The van der Waals surface area contributed by atoms with E-state index in [1.54, 1.807) is 0 Å². The molecule has 1 rings (SSSR count). The molecule has 0 radical (unpaired) electrons. The van der Waals surface area contributed by atoms with Crippen LogP contribution >= 0.6 is 0 Å². The lowest BCUT2D eigenvalue weighted by Gasteiger charge is -2.40. The van der Waals surface area contributed by atoms with Crippen LogP contribution in [0, 0.1) is 0 Å². The predicted molar refractivity (Wildman–Crippen MR) is 321 cm³/mol. The van der Waals surface area contributed by atoms with E-state index < -0.39 is 74.2 Å². The van der Waals surface area contributed by atoms with E-state index in [0.717, 1.165) is 44.9 Å². The Morgan fingerprint density at radius 1 is 0.442 bits per heavy atom. The fourth-order valence-electron chi connectivity index (χ4n) is 10.3. The van der Waals surface area contributed by atoms with Crippen molar-refractivity contribution in [2.24, 2.45) is 0 Å². The zero-order chi connectivity index (χ0) is 56.1. The number of allylic oxidation sites excluding steroid dienone is 8. The molecule has 9 unspecified atom stereocenters. The Morgan fingerprint density at radius 2 is 0.779 bits per heavy atom. The van der Waals surface area contributed by atoms with E-state index in [-0.39, 0.29) is 12.8 Å². The molecule has 0 aromatic carbocycles. The van der Waals surface area contributed by atoms with Gasteiger partial charge in [0.1, 0.15) is 36.6 Å². The molecule has 0 bridgehead atoms. The summed E-state index contributed by atoms with van der Waals surface area (Å²) in [5.41, 5.74) is 0. The summed E-state index contributed by atoms with van der Waals surface area (Å²) < 4.78 is 11.2. The number of aliphatic hydroxyl groups excluding tert-OH is 7. The number of hydrogen-bond donors (Lipinski definition) is 8. The topological polar surface area (TPSA) is 189 Å². The van der Waals surface area contributed by atoms with Crippen molar-refractivity contribution in [2.75, 3.05) is 13.2 Å². The molecule has 0 spiro atoms. The summed E-state index contributed by atoms with van der Waals surface area (Å²) in [5, 5.41) is 76.3. The van der Waals surface area contributed by atoms with Crippen molar-refractivity contribution in [3.05, 3.63) is 48.6 Å². The Morgan fingerprint density at radius 3 is 1.16 bits per heavy atom. The average Bonchev–Trinajstić information content (AvgIpc) is 3.43. The van der Waals surface area contributed by atoms with Crippen LogP contribution in [0.5, 0.6) is 0 Å². The molecular weight excluding hydrogens is 967 g/mol. The van der Waals surface area contributed by atoms with Crippen LogP contribution in [-0.2, 0) is 14.3 Å². The van der Waals surface area contributed by atoms with Gasteiger partial charge in [0.15, 0.2) is 6.29 Å². The largest absolute Gasteiger partial charge is 0.394 e. The van der Waals surface area contributed by atoms with Gasteiger partial charge in [-0.1, -0.05) is 255 Å². The molecule has 1 saturated heterocycles. The minimum atomic E-state index is -1.67. The normalized spacial score (nSPS) is 19.8. The molecule has 0 aromatic rings. The number of carbonyl (C=O) groups excluding carboxylic acids is 1. The first-order chi connectivity index (χ1) is 37.7. The van der Waals surface area contributed by atoms with Gasteiger partial charge in [-0.15, -0.1) is 0 Å². The van der Waals surface area contributed by atoms with Crippen LogP contribution in [0.1, 0.15) is 296 Å². The number of ether oxygens (including phenoxy) is 2. The lowest BCUT2D eigenvalue weighted by atomic mass is 9.98. The third-order valence-electron chi connectivity index (χ3n) is 15.6. The Labute approximate surface area is 472 Å². The lowest BCUT2D eigenvalue weighted by Crippen LogP contribution is -2.60. The van der Waals surface area contributed by atoms with Crippen molar-refractivity contribution in [2.45, 2.75) is 351 Å². The fourth-order valence-corrected chi connectivity index (χ4v) is 10.3. The first-order valence-corrected chi connectivity index (χ1v) is 32.5. The zero-order valence-corrected chi connectivity index (χ0v) is 49.7. The van der Waals surface area contributed by atoms with Crippen molar-refractivity contribution in [1.82, 2.24) is 5.32 Å². The molecule has 8 N–H and O–H groups in total. The number of carbonyl (C=O) groups is 1. The van der Waals surface area contributed by atoms with E-state index in [1.165, 1.54) is 205 Å². The van der Waals surface area contributed by atoms with E-state index in [9.17, 15) is 40.5 Å². The van der Waals surface area contributed by atoms with Gasteiger partial charge < -0.3 is 50.5 Å². The third kappa shape index (κ3) is 42.6. The highest BCUT2D eigenvalue weighted by Crippen LogP contribution is 2.23. The summed E-state index contributed by atoms with van der Waals surface area (Å²) >= 11 is 0. The summed E-state index contributed by atoms with van der Waals surface area (Å²) in [6, 6.07) is -1.20. The molecule has 452 valence electrons. The van der Waals surface area contributed by atoms with Gasteiger partial charge in [0.25, 0.3) is 0 Å². The SMILES string of the molecule is CCCCCCCCCCCCC/C=C/CC/C=C/CC/C=C/CCCC(O)C(O)C(COC1OC(CO)C(O)C(O)C1O)NC(=O)C(O)CCCCCCCCCCCC/C=C\CCCCCCCCCCCCCC. The van der Waals surface area contributed by atoms with Crippen LogP contribution in [0.25, 0.3) is 0 Å². The quantitative estimate of drug-likeness (QED) is 0.0215. The minimum absolute atomic E-state index is 0.240. The van der Waals surface area contributed by atoms with Crippen LogP contribution in [0.15, 0.2) is 48.6 Å². The molecule has 11 heteroatoms. The van der Waals surface area contributed by atoms with Crippen LogP contribution in [0.4, 0.5) is 0 Å². The van der Waals surface area contributed by atoms with E-state index in [2.05, 4.69) is 67.8 Å². The number of nitrogens with one attached hydrogen (secondary N) is 1. The number of rotatable bonds is 56. The Balaban J connectivity index is 2.29. The summed E-state index contributed by atoms with van der Waals surface area (Å²) in [7, 11) is 0. The van der Waals surface area contributed by atoms with Crippen molar-refractivity contribution < 1.29 is 50.0 Å². The first kappa shape index (κ1) is 73.1. The van der Waals surface area contributed by atoms with Gasteiger partial charge in [-0.2, -0.15) is 0 Å². The second kappa shape index (κ2) is 54.6. The van der Waals surface area contributed by atoms with E-state index in [1.807, 2.05) is 0 Å². The summed E-state index contributed by atoms with van der Waals surface area (Å²) in [4.78, 5) is 13.2. The molecule has 1 aliphatic rings. The molecule has 1 heterocycles. The summed E-state index contributed by atoms with van der Waals surface area (Å²) in [6.07, 6.45) is 58.9. The lowest BCUT2D eigenvalue weighted by molar-refractivity contribution is -0.303. The second-order valence-electron chi connectivity index (χ2n) is 22.8. The van der Waals surface area contributed by atoms with Crippen LogP contribution in [0.2, 0.25) is 0 Å². The van der Waals surface area contributed by atoms with Gasteiger partial charge in [-0.3, -0.25) is 4.79 Å². The number of amides is 1. The highest BCUT2D eigenvalue weighted by Gasteiger charge is 2.44. The van der Waals surface area contributed by atoms with Crippen LogP contribution in [-0.4, -0.2) is 110 Å². The van der Waals surface area contributed by atoms with Crippen molar-refractivity contribution in [1.29, 1.82) is 0 Å². The Bertz CT molecular complexity index is 1390. The molecule has 11 nitrogen and oxygen atoms in total. The molecule has 0 aliphatic carbocycles. The van der Waals surface area contributed by atoms with Gasteiger partial charge in [-0.25, -0.2) is 0 Å². The van der Waals surface area contributed by atoms with Gasteiger partial charge in [-0.05, 0) is 89.9 Å². The zero-order valence-electron chi connectivity index (χ0n) is 49.7. The van der Waals surface area contributed by atoms with E-state index in [4.69, 9.17) is 9.47 Å². The standard InChI is InChI=1S/C66H123NO10/c1-3-5-7-9-11-13-15-17-19-21-23-25-27-29-30-32-34-36-38-40-42-44-46-48-50-52-54-59(70)65(75)67-57(56-76-66-64(74)63(73)62(72)60(55-68)77-66)61(71)58(69)53-51-49-47-45-43-41-39-37-35-33-31-28-26-24-22-20-18-16-14-12-10-8-6-4-2/h28-31,37,39,45,47,57-64,66,68-74H,3-27,32-36,38,40-44,46,48-56H2,1-2H3,(H,67,75)/b30-29-,31-28+,39-37+,47-45+. The highest BCUT2D eigenvalue weighted by molar-refractivity contribution is 5.80. The maximum atomic E-state index is 13.2. The van der Waals surface area contributed by atoms with Crippen molar-refractivity contribution in [3.63, 3.8) is 0 Å². The van der Waals surface area contributed by atoms with Crippen LogP contribution < -0.4 is 5.32 Å². The number of unbranched alkanes of at least 4 members (excludes halogenated alkanes) is 36. The number of hydrogen-bond acceptors (Lipinski definition) is 10. The van der Waals surface area contributed by atoms with Gasteiger partial charge >= 0.3 is 0 Å². The third-order valence-corrected chi connectivity index (χ3v) is 15.6. The molecule has 1 amide bonds. The first-order valence-electron chi connectivity index (χ1n) is 32.5. The maximum Gasteiger partial charge on any atom is 0.249 e. The van der Waals surface area contributed by atoms with Gasteiger partial charge in [0, 0.05) is 0 Å². The summed E-state index contributed by atoms with van der Waals surface area (Å²) in [5.74, 6) is -0.711. The second-order valence-corrected chi connectivity index (χ2v) is 22.8. The van der Waals surface area contributed by atoms with Crippen molar-refractivity contribution in [3.8, 4) is 0 Å². The predicted octanol–water partition coefficient (Wildman–Crippen LogP) is 14.8. The van der Waals surface area contributed by atoms with E-state index >= 15 is 0 Å². The highest BCUT2D eigenvalue weighted by atomic mass is 16.7. The van der Waals surface area contributed by atoms with Crippen LogP contribution in [0.3, 0.4) is 0 Å². The molecule has 0 aromatic heterocycles.